The van der Waals surface area contributed by atoms with E-state index in [9.17, 15) is 4.79 Å². The van der Waals surface area contributed by atoms with Crippen molar-refractivity contribution in [3.8, 4) is 6.07 Å². The highest BCUT2D eigenvalue weighted by molar-refractivity contribution is 5.68. The number of amides is 1. The van der Waals surface area contributed by atoms with Crippen LogP contribution in [0.5, 0.6) is 0 Å². The molecule has 1 aromatic heterocycles. The Morgan fingerprint density at radius 3 is 2.61 bits per heavy atom. The fraction of sp³-hybridized carbons (Fsp3) is 0.647. The van der Waals surface area contributed by atoms with Gasteiger partial charge in [0, 0.05) is 38.9 Å². The normalized spacial score (nSPS) is 16.2. The van der Waals surface area contributed by atoms with Crippen LogP contribution in [0.25, 0.3) is 0 Å². The summed E-state index contributed by atoms with van der Waals surface area (Å²) in [7, 11) is 1.88. The summed E-state index contributed by atoms with van der Waals surface area (Å²) in [4.78, 5) is 13.8. The van der Waals surface area contributed by atoms with Crippen LogP contribution in [0, 0.1) is 11.3 Å². The number of piperidine rings is 1. The predicted octanol–water partition coefficient (Wildman–Crippen LogP) is 2.39. The van der Waals surface area contributed by atoms with Crippen LogP contribution >= 0.6 is 0 Å². The van der Waals surface area contributed by atoms with Gasteiger partial charge in [-0.2, -0.15) is 5.26 Å². The lowest BCUT2D eigenvalue weighted by Gasteiger charge is -2.33. The molecular weight excluding hydrogens is 292 g/mol. The van der Waals surface area contributed by atoms with E-state index >= 15 is 0 Å². The number of rotatable bonds is 3. The molecule has 6 heteroatoms. The van der Waals surface area contributed by atoms with Crippen molar-refractivity contribution in [3.63, 3.8) is 0 Å². The highest BCUT2D eigenvalue weighted by Gasteiger charge is 2.26. The van der Waals surface area contributed by atoms with E-state index < -0.39 is 5.60 Å². The second kappa shape index (κ2) is 7.05. The van der Waals surface area contributed by atoms with Crippen molar-refractivity contribution in [1.29, 1.82) is 5.26 Å². The molecule has 0 spiro atoms. The van der Waals surface area contributed by atoms with Crippen LogP contribution in [-0.2, 0) is 18.3 Å². The first-order valence-corrected chi connectivity index (χ1v) is 8.05. The lowest BCUT2D eigenvalue weighted by atomic mass is 10.1. The minimum absolute atomic E-state index is 0.224. The summed E-state index contributed by atoms with van der Waals surface area (Å²) in [6.07, 6.45) is 3.58. The van der Waals surface area contributed by atoms with Gasteiger partial charge in [0.15, 0.2) is 0 Å². The Kier molecular flexibility index (Phi) is 5.32. The Hall–Kier alpha value is -2.00. The molecule has 6 nitrogen and oxygen atoms in total. The molecule has 126 valence electrons. The number of hydrogen-bond donors (Lipinski definition) is 1. The maximum atomic E-state index is 12.0. The van der Waals surface area contributed by atoms with Crippen molar-refractivity contribution < 1.29 is 9.53 Å². The largest absolute Gasteiger partial charge is 0.444 e. The Bertz CT molecular complexity index is 587. The van der Waals surface area contributed by atoms with Gasteiger partial charge in [-0.15, -0.1) is 0 Å². The summed E-state index contributed by atoms with van der Waals surface area (Å²) in [6.45, 7) is 7.82. The molecular formula is C17H26N4O2. The van der Waals surface area contributed by atoms with Gasteiger partial charge in [-0.25, -0.2) is 4.79 Å². The summed E-state index contributed by atoms with van der Waals surface area (Å²) >= 11 is 0. The van der Waals surface area contributed by atoms with Gasteiger partial charge in [0.05, 0.1) is 0 Å². The zero-order chi connectivity index (χ0) is 17.0. The van der Waals surface area contributed by atoms with E-state index in [-0.39, 0.29) is 6.09 Å². The number of likely N-dealkylation sites (tertiary alicyclic amines) is 1. The minimum atomic E-state index is -0.446. The third-order valence-electron chi connectivity index (χ3n) is 3.92. The molecule has 1 N–H and O–H groups in total. The Morgan fingerprint density at radius 1 is 1.43 bits per heavy atom. The van der Waals surface area contributed by atoms with E-state index in [1.54, 1.807) is 4.90 Å². The summed E-state index contributed by atoms with van der Waals surface area (Å²) in [5, 5.41) is 12.5. The predicted molar refractivity (Wildman–Crippen MR) is 87.8 cm³/mol. The molecule has 0 saturated carbocycles. The van der Waals surface area contributed by atoms with Crippen LogP contribution in [0.4, 0.5) is 4.79 Å². The first-order valence-electron chi connectivity index (χ1n) is 8.05. The third kappa shape index (κ3) is 5.00. The molecule has 1 fully saturated rings. The van der Waals surface area contributed by atoms with Crippen LogP contribution in [0.3, 0.4) is 0 Å². The molecule has 0 atom stereocenters. The van der Waals surface area contributed by atoms with Crippen molar-refractivity contribution in [1.82, 2.24) is 14.8 Å². The highest BCUT2D eigenvalue weighted by atomic mass is 16.6. The summed E-state index contributed by atoms with van der Waals surface area (Å²) < 4.78 is 7.24. The molecule has 0 aliphatic carbocycles. The zero-order valence-corrected chi connectivity index (χ0v) is 14.4. The molecule has 23 heavy (non-hydrogen) atoms. The number of aromatic nitrogens is 1. The van der Waals surface area contributed by atoms with Gasteiger partial charge >= 0.3 is 6.09 Å². The summed E-state index contributed by atoms with van der Waals surface area (Å²) in [5.74, 6) is 0. The quantitative estimate of drug-likeness (QED) is 0.929. The minimum Gasteiger partial charge on any atom is -0.444 e. The van der Waals surface area contributed by atoms with E-state index in [0.717, 1.165) is 24.9 Å². The lowest BCUT2D eigenvalue weighted by Crippen LogP contribution is -2.46. The molecule has 0 unspecified atom stereocenters. The second-order valence-corrected chi connectivity index (χ2v) is 7.08. The molecule has 2 heterocycles. The van der Waals surface area contributed by atoms with E-state index in [2.05, 4.69) is 11.4 Å². The smallest absolute Gasteiger partial charge is 0.410 e. The number of nitrogens with one attached hydrogen (secondary N) is 1. The Morgan fingerprint density at radius 2 is 2.09 bits per heavy atom. The maximum Gasteiger partial charge on any atom is 0.410 e. The molecule has 0 bridgehead atoms. The number of nitriles is 1. The summed E-state index contributed by atoms with van der Waals surface area (Å²) in [6, 6.07) is 4.46. The molecule has 2 rings (SSSR count). The van der Waals surface area contributed by atoms with E-state index in [4.69, 9.17) is 10.00 Å². The van der Waals surface area contributed by atoms with Crippen molar-refractivity contribution >= 4 is 6.09 Å². The Balaban J connectivity index is 1.76. The van der Waals surface area contributed by atoms with Gasteiger partial charge < -0.3 is 19.5 Å². The van der Waals surface area contributed by atoms with E-state index in [0.29, 0.717) is 24.8 Å². The van der Waals surface area contributed by atoms with Crippen LogP contribution in [0.15, 0.2) is 12.3 Å². The molecule has 1 saturated heterocycles. The fourth-order valence-electron chi connectivity index (χ4n) is 2.70. The van der Waals surface area contributed by atoms with Crippen LogP contribution < -0.4 is 5.32 Å². The highest BCUT2D eigenvalue weighted by Crippen LogP contribution is 2.16. The Labute approximate surface area is 138 Å². The van der Waals surface area contributed by atoms with Crippen molar-refractivity contribution in [2.24, 2.45) is 7.05 Å². The number of carbonyl (C=O) groups is 1. The van der Waals surface area contributed by atoms with Gasteiger partial charge in [0.2, 0.25) is 0 Å². The van der Waals surface area contributed by atoms with Crippen LogP contribution in [0.2, 0.25) is 0 Å². The monoisotopic (exact) mass is 318 g/mol. The second-order valence-electron chi connectivity index (χ2n) is 7.08. The summed E-state index contributed by atoms with van der Waals surface area (Å²) in [5.41, 5.74) is 1.33. The van der Waals surface area contributed by atoms with E-state index in [1.165, 1.54) is 0 Å². The van der Waals surface area contributed by atoms with Crippen molar-refractivity contribution in [3.05, 3.63) is 23.5 Å². The fourth-order valence-corrected chi connectivity index (χ4v) is 2.70. The maximum absolute atomic E-state index is 12.0. The molecule has 0 radical (unpaired) electrons. The topological polar surface area (TPSA) is 70.3 Å². The molecule has 1 aliphatic heterocycles. The number of aryl methyl sites for hydroxylation is 1. The van der Waals surface area contributed by atoms with Crippen LogP contribution in [0.1, 0.15) is 44.9 Å². The van der Waals surface area contributed by atoms with E-state index in [1.807, 2.05) is 44.6 Å². The average Bonchev–Trinajstić information content (AvgIpc) is 2.84. The van der Waals surface area contributed by atoms with Gasteiger partial charge in [-0.05, 0) is 45.2 Å². The average molecular weight is 318 g/mol. The number of ether oxygens (including phenoxy) is 1. The number of carbonyl (C=O) groups excluding carboxylic acids is 1. The van der Waals surface area contributed by atoms with Gasteiger partial charge in [-0.3, -0.25) is 0 Å². The van der Waals surface area contributed by atoms with Crippen molar-refractivity contribution in [2.75, 3.05) is 13.1 Å². The first kappa shape index (κ1) is 17.4. The van der Waals surface area contributed by atoms with Gasteiger partial charge in [-0.1, -0.05) is 0 Å². The standard InChI is InChI=1S/C17H26N4O2/c1-17(2,3)23-16(22)21-7-5-14(6-8-21)19-11-13-9-15(10-18)20(4)12-13/h9,12,14,19H,5-8,11H2,1-4H3. The lowest BCUT2D eigenvalue weighted by molar-refractivity contribution is 0.0198. The first-order chi connectivity index (χ1) is 10.8. The number of nitrogens with zero attached hydrogens (tertiary/aromatic N) is 3. The van der Waals surface area contributed by atoms with Crippen molar-refractivity contribution in [2.45, 2.75) is 51.8 Å². The molecule has 1 aliphatic rings. The number of hydrogen-bond acceptors (Lipinski definition) is 4. The molecule has 0 aromatic carbocycles. The van der Waals surface area contributed by atoms with Gasteiger partial charge in [0.1, 0.15) is 17.4 Å². The molecule has 1 aromatic rings. The van der Waals surface area contributed by atoms with Gasteiger partial charge in [0.25, 0.3) is 0 Å². The molecule has 1 amide bonds. The van der Waals surface area contributed by atoms with Crippen LogP contribution in [-0.4, -0.2) is 40.3 Å². The SMILES string of the molecule is Cn1cc(CNC2CCN(C(=O)OC(C)(C)C)CC2)cc1C#N. The zero-order valence-electron chi connectivity index (χ0n) is 14.4. The third-order valence-corrected chi connectivity index (χ3v) is 3.92.